The summed E-state index contributed by atoms with van der Waals surface area (Å²) >= 11 is 3.13. The van der Waals surface area contributed by atoms with Gasteiger partial charge in [-0.3, -0.25) is 14.3 Å². The second-order valence-corrected chi connectivity index (χ2v) is 4.94. The molecule has 110 valence electrons. The molecule has 1 heterocycles. The molecule has 1 N–H and O–H groups in total. The standard InChI is InChI=1S/C13H11BrFN3O3/c1-21-12(19)7-18-6-9(5-16-18)17-13(20)10-3-2-8(15)4-11(10)14/h2-6H,7H2,1H3,(H,17,20). The predicted molar refractivity (Wildman–Crippen MR) is 76.3 cm³/mol. The van der Waals surface area contributed by atoms with Crippen LogP contribution in [0.5, 0.6) is 0 Å². The van der Waals surface area contributed by atoms with E-state index in [0.29, 0.717) is 10.2 Å². The average molecular weight is 356 g/mol. The van der Waals surface area contributed by atoms with Gasteiger partial charge in [0.2, 0.25) is 0 Å². The van der Waals surface area contributed by atoms with Gasteiger partial charge < -0.3 is 10.1 Å². The van der Waals surface area contributed by atoms with E-state index in [9.17, 15) is 14.0 Å². The molecule has 0 bridgehead atoms. The number of amides is 1. The van der Waals surface area contributed by atoms with Gasteiger partial charge in [0, 0.05) is 10.7 Å². The Hall–Kier alpha value is -2.22. The molecule has 0 aliphatic rings. The lowest BCUT2D eigenvalue weighted by Crippen LogP contribution is -2.13. The smallest absolute Gasteiger partial charge is 0.327 e. The number of esters is 1. The number of halogens is 2. The number of ether oxygens (including phenoxy) is 1. The zero-order chi connectivity index (χ0) is 15.4. The molecule has 1 amide bonds. The molecular weight excluding hydrogens is 345 g/mol. The molecule has 1 aromatic heterocycles. The first-order valence-electron chi connectivity index (χ1n) is 5.85. The molecule has 6 nitrogen and oxygen atoms in total. The monoisotopic (exact) mass is 355 g/mol. The van der Waals surface area contributed by atoms with Crippen LogP contribution in [-0.4, -0.2) is 28.8 Å². The van der Waals surface area contributed by atoms with Crippen molar-refractivity contribution in [2.45, 2.75) is 6.54 Å². The van der Waals surface area contributed by atoms with Gasteiger partial charge in [-0.1, -0.05) is 0 Å². The Bertz CT molecular complexity index is 687. The minimum atomic E-state index is -0.447. The average Bonchev–Trinajstić information content (AvgIpc) is 2.85. The molecule has 2 aromatic rings. The lowest BCUT2D eigenvalue weighted by molar-refractivity contribution is -0.141. The van der Waals surface area contributed by atoms with Crippen molar-refractivity contribution in [2.75, 3.05) is 12.4 Å². The zero-order valence-electron chi connectivity index (χ0n) is 11.0. The Labute approximate surface area is 128 Å². The van der Waals surface area contributed by atoms with Crippen LogP contribution in [0.15, 0.2) is 35.1 Å². The zero-order valence-corrected chi connectivity index (χ0v) is 12.6. The number of methoxy groups -OCH3 is 1. The summed E-state index contributed by atoms with van der Waals surface area (Å²) in [6.45, 7) is -0.0490. The van der Waals surface area contributed by atoms with Crippen LogP contribution in [0.4, 0.5) is 10.1 Å². The van der Waals surface area contributed by atoms with Crippen LogP contribution in [0.25, 0.3) is 0 Å². The maximum Gasteiger partial charge on any atom is 0.327 e. The highest BCUT2D eigenvalue weighted by Gasteiger charge is 2.12. The third-order valence-corrected chi connectivity index (χ3v) is 3.24. The van der Waals surface area contributed by atoms with E-state index in [1.165, 1.54) is 42.4 Å². The number of nitrogens with one attached hydrogen (secondary N) is 1. The second-order valence-electron chi connectivity index (χ2n) is 4.08. The maximum atomic E-state index is 13.0. The molecule has 0 fully saturated rings. The molecule has 0 saturated carbocycles. The fourth-order valence-electron chi connectivity index (χ4n) is 1.58. The van der Waals surface area contributed by atoms with Crippen molar-refractivity contribution in [3.63, 3.8) is 0 Å². The molecule has 2 rings (SSSR count). The molecule has 0 aliphatic heterocycles. The van der Waals surface area contributed by atoms with Gasteiger partial charge in [0.05, 0.1) is 24.6 Å². The van der Waals surface area contributed by atoms with E-state index >= 15 is 0 Å². The number of aromatic nitrogens is 2. The molecule has 0 spiro atoms. The molecular formula is C13H11BrFN3O3. The fraction of sp³-hybridized carbons (Fsp3) is 0.154. The minimum Gasteiger partial charge on any atom is -0.468 e. The van der Waals surface area contributed by atoms with E-state index in [1.54, 1.807) is 0 Å². The van der Waals surface area contributed by atoms with Gasteiger partial charge in [0.15, 0.2) is 0 Å². The Morgan fingerprint density at radius 2 is 2.24 bits per heavy atom. The van der Waals surface area contributed by atoms with Crippen LogP contribution >= 0.6 is 15.9 Å². The van der Waals surface area contributed by atoms with E-state index in [2.05, 4.69) is 31.1 Å². The van der Waals surface area contributed by atoms with Crippen LogP contribution in [0.2, 0.25) is 0 Å². The maximum absolute atomic E-state index is 13.0. The lowest BCUT2D eigenvalue weighted by atomic mass is 10.2. The van der Waals surface area contributed by atoms with E-state index < -0.39 is 17.7 Å². The summed E-state index contributed by atoms with van der Waals surface area (Å²) in [5.74, 6) is -1.30. The van der Waals surface area contributed by atoms with E-state index in [1.807, 2.05) is 0 Å². The van der Waals surface area contributed by atoms with Crippen LogP contribution in [-0.2, 0) is 16.1 Å². The molecule has 0 aliphatic carbocycles. The topological polar surface area (TPSA) is 73.2 Å². The van der Waals surface area contributed by atoms with E-state index in [0.717, 1.165) is 0 Å². The van der Waals surface area contributed by atoms with Gasteiger partial charge in [-0.05, 0) is 34.1 Å². The van der Waals surface area contributed by atoms with Crippen molar-refractivity contribution >= 4 is 33.5 Å². The summed E-state index contributed by atoms with van der Waals surface area (Å²) in [5.41, 5.74) is 0.706. The molecule has 0 radical (unpaired) electrons. The Morgan fingerprint density at radius 3 is 2.90 bits per heavy atom. The largest absolute Gasteiger partial charge is 0.468 e. The van der Waals surface area contributed by atoms with Crippen molar-refractivity contribution in [2.24, 2.45) is 0 Å². The summed E-state index contributed by atoms with van der Waals surface area (Å²) in [5, 5.41) is 6.52. The van der Waals surface area contributed by atoms with Crippen molar-refractivity contribution in [3.05, 3.63) is 46.4 Å². The van der Waals surface area contributed by atoms with Crippen LogP contribution in [0, 0.1) is 5.82 Å². The Morgan fingerprint density at radius 1 is 1.48 bits per heavy atom. The fourth-order valence-corrected chi connectivity index (χ4v) is 2.11. The van der Waals surface area contributed by atoms with Crippen molar-refractivity contribution < 1.29 is 18.7 Å². The minimum absolute atomic E-state index is 0.0490. The van der Waals surface area contributed by atoms with E-state index in [4.69, 9.17) is 0 Å². The van der Waals surface area contributed by atoms with Crippen LogP contribution in [0.3, 0.4) is 0 Å². The summed E-state index contributed by atoms with van der Waals surface area (Å²) < 4.78 is 19.2. The SMILES string of the molecule is COC(=O)Cn1cc(NC(=O)c2ccc(F)cc2Br)cn1. The molecule has 1 aromatic carbocycles. The summed E-state index contributed by atoms with van der Waals surface area (Å²) in [4.78, 5) is 23.1. The number of rotatable bonds is 4. The molecule has 8 heteroatoms. The van der Waals surface area contributed by atoms with Gasteiger partial charge in [-0.25, -0.2) is 4.39 Å². The predicted octanol–water partition coefficient (Wildman–Crippen LogP) is 2.21. The van der Waals surface area contributed by atoms with Gasteiger partial charge >= 0.3 is 5.97 Å². The number of nitrogens with zero attached hydrogens (tertiary/aromatic N) is 2. The van der Waals surface area contributed by atoms with Crippen molar-refractivity contribution in [3.8, 4) is 0 Å². The highest BCUT2D eigenvalue weighted by Crippen LogP contribution is 2.19. The summed E-state index contributed by atoms with van der Waals surface area (Å²) in [6, 6.07) is 3.77. The van der Waals surface area contributed by atoms with Gasteiger partial charge in [0.25, 0.3) is 5.91 Å². The number of anilines is 1. The molecule has 21 heavy (non-hydrogen) atoms. The number of benzene rings is 1. The first-order valence-corrected chi connectivity index (χ1v) is 6.64. The normalized spacial score (nSPS) is 10.2. The number of hydrogen-bond donors (Lipinski definition) is 1. The quantitative estimate of drug-likeness (QED) is 0.853. The van der Waals surface area contributed by atoms with Gasteiger partial charge in [-0.15, -0.1) is 0 Å². The lowest BCUT2D eigenvalue weighted by Gasteiger charge is -2.04. The van der Waals surface area contributed by atoms with E-state index in [-0.39, 0.29) is 12.1 Å². The number of carbonyl (C=O) groups excluding carboxylic acids is 2. The second kappa shape index (κ2) is 6.49. The Kier molecular flexibility index (Phi) is 4.69. The Balaban J connectivity index is 2.07. The first kappa shape index (κ1) is 15.2. The highest BCUT2D eigenvalue weighted by atomic mass is 79.9. The summed E-state index contributed by atoms with van der Waals surface area (Å²) in [6.07, 6.45) is 2.89. The summed E-state index contributed by atoms with van der Waals surface area (Å²) in [7, 11) is 1.28. The number of carbonyl (C=O) groups is 2. The number of hydrogen-bond acceptors (Lipinski definition) is 4. The van der Waals surface area contributed by atoms with Crippen molar-refractivity contribution in [1.82, 2.24) is 9.78 Å². The first-order chi connectivity index (χ1) is 9.99. The van der Waals surface area contributed by atoms with Crippen molar-refractivity contribution in [1.29, 1.82) is 0 Å². The van der Waals surface area contributed by atoms with Gasteiger partial charge in [0.1, 0.15) is 12.4 Å². The van der Waals surface area contributed by atoms with Crippen LogP contribution in [0.1, 0.15) is 10.4 Å². The molecule has 0 saturated heterocycles. The van der Waals surface area contributed by atoms with Gasteiger partial charge in [-0.2, -0.15) is 5.10 Å². The highest BCUT2D eigenvalue weighted by molar-refractivity contribution is 9.10. The van der Waals surface area contributed by atoms with Crippen LogP contribution < -0.4 is 5.32 Å². The molecule has 0 atom stereocenters. The third kappa shape index (κ3) is 3.88. The molecule has 0 unspecified atom stereocenters. The third-order valence-electron chi connectivity index (χ3n) is 2.59.